The highest BCUT2D eigenvalue weighted by Crippen LogP contribution is 2.08. The highest BCUT2D eigenvalue weighted by Gasteiger charge is 2.13. The first-order chi connectivity index (χ1) is 7.88. The molecule has 3 nitrogen and oxygen atoms in total. The smallest absolute Gasteiger partial charge is 0.220 e. The topological polar surface area (TPSA) is 55.1 Å². The predicted molar refractivity (Wildman–Crippen MR) is 65.7 cm³/mol. The molecule has 0 spiro atoms. The van der Waals surface area contributed by atoms with E-state index < -0.39 is 0 Å². The van der Waals surface area contributed by atoms with E-state index in [-0.39, 0.29) is 23.8 Å². The number of benzene rings is 1. The first-order valence-corrected chi connectivity index (χ1v) is 5.67. The number of halogens is 1. The van der Waals surface area contributed by atoms with Gasteiger partial charge in [0, 0.05) is 24.1 Å². The van der Waals surface area contributed by atoms with E-state index in [9.17, 15) is 9.18 Å². The highest BCUT2D eigenvalue weighted by atomic mass is 19.1. The first-order valence-electron chi connectivity index (χ1n) is 5.67. The molecular formula is C13H19FN2O. The van der Waals surface area contributed by atoms with Crippen LogP contribution < -0.4 is 11.1 Å². The van der Waals surface area contributed by atoms with E-state index >= 15 is 0 Å². The fourth-order valence-corrected chi connectivity index (χ4v) is 1.36. The van der Waals surface area contributed by atoms with Gasteiger partial charge in [-0.1, -0.05) is 18.2 Å². The average molecular weight is 238 g/mol. The van der Waals surface area contributed by atoms with E-state index in [4.69, 9.17) is 5.73 Å². The highest BCUT2D eigenvalue weighted by molar-refractivity contribution is 5.75. The molecule has 1 amide bonds. The van der Waals surface area contributed by atoms with Crippen molar-refractivity contribution in [3.8, 4) is 0 Å². The maximum Gasteiger partial charge on any atom is 0.220 e. The van der Waals surface area contributed by atoms with Gasteiger partial charge in [0.2, 0.25) is 5.91 Å². The van der Waals surface area contributed by atoms with Gasteiger partial charge in [0.1, 0.15) is 5.82 Å². The quantitative estimate of drug-likeness (QED) is 0.824. The largest absolute Gasteiger partial charge is 0.352 e. The van der Waals surface area contributed by atoms with Crippen LogP contribution in [-0.4, -0.2) is 11.4 Å². The number of amides is 1. The van der Waals surface area contributed by atoms with Gasteiger partial charge in [0.05, 0.1) is 0 Å². The molecule has 1 rings (SSSR count). The van der Waals surface area contributed by atoms with E-state index in [1.165, 1.54) is 6.07 Å². The van der Waals surface area contributed by atoms with Gasteiger partial charge in [-0.25, -0.2) is 4.39 Å². The van der Waals surface area contributed by atoms with E-state index in [0.29, 0.717) is 18.4 Å². The molecule has 3 N–H and O–H groups in total. The summed E-state index contributed by atoms with van der Waals surface area (Å²) in [7, 11) is 0. The lowest BCUT2D eigenvalue weighted by Gasteiger charge is -2.17. The average Bonchev–Trinajstić information content (AvgIpc) is 2.24. The lowest BCUT2D eigenvalue weighted by molar-refractivity contribution is -0.121. The minimum Gasteiger partial charge on any atom is -0.352 e. The van der Waals surface area contributed by atoms with E-state index in [0.717, 1.165) is 0 Å². The van der Waals surface area contributed by atoms with Crippen molar-refractivity contribution in [3.63, 3.8) is 0 Å². The monoisotopic (exact) mass is 238 g/mol. The fourth-order valence-electron chi connectivity index (χ4n) is 1.36. The maximum atomic E-state index is 13.2. The van der Waals surface area contributed by atoms with Crippen LogP contribution in [0, 0.1) is 5.82 Å². The summed E-state index contributed by atoms with van der Waals surface area (Å²) < 4.78 is 13.2. The minimum atomic E-state index is -0.352. The van der Waals surface area contributed by atoms with Crippen LogP contribution in [-0.2, 0) is 11.3 Å². The molecule has 1 aromatic rings. The second-order valence-corrected chi connectivity index (χ2v) is 4.86. The molecule has 4 heteroatoms. The van der Waals surface area contributed by atoms with Crippen molar-refractivity contribution < 1.29 is 9.18 Å². The third-order valence-electron chi connectivity index (χ3n) is 2.43. The Morgan fingerprint density at radius 3 is 2.65 bits per heavy atom. The van der Waals surface area contributed by atoms with Crippen molar-refractivity contribution in [2.24, 2.45) is 5.73 Å². The minimum absolute atomic E-state index is 0.105. The molecule has 0 bridgehead atoms. The molecular weight excluding hydrogens is 219 g/mol. The Kier molecular flexibility index (Phi) is 4.63. The zero-order chi connectivity index (χ0) is 12.9. The Labute approximate surface area is 101 Å². The number of carbonyl (C=O) groups excluding carboxylic acids is 1. The van der Waals surface area contributed by atoms with Crippen molar-refractivity contribution in [1.82, 2.24) is 5.32 Å². The Morgan fingerprint density at radius 2 is 2.06 bits per heavy atom. The zero-order valence-corrected chi connectivity index (χ0v) is 10.3. The first kappa shape index (κ1) is 13.6. The van der Waals surface area contributed by atoms with Gasteiger partial charge >= 0.3 is 0 Å². The molecule has 0 saturated heterocycles. The lowest BCUT2D eigenvalue weighted by Crippen LogP contribution is -2.34. The van der Waals surface area contributed by atoms with E-state index in [2.05, 4.69) is 5.32 Å². The summed E-state index contributed by atoms with van der Waals surface area (Å²) >= 11 is 0. The summed E-state index contributed by atoms with van der Waals surface area (Å²) in [4.78, 5) is 11.5. The molecule has 0 aromatic heterocycles. The molecule has 0 heterocycles. The zero-order valence-electron chi connectivity index (χ0n) is 10.3. The van der Waals surface area contributed by atoms with Crippen molar-refractivity contribution in [1.29, 1.82) is 0 Å². The van der Waals surface area contributed by atoms with Gasteiger partial charge in [-0.15, -0.1) is 0 Å². The Morgan fingerprint density at radius 1 is 1.41 bits per heavy atom. The van der Waals surface area contributed by atoms with Crippen LogP contribution in [0.1, 0.15) is 32.3 Å². The van der Waals surface area contributed by atoms with Gasteiger partial charge in [0.25, 0.3) is 0 Å². The Bertz CT molecular complexity index is 385. The summed E-state index contributed by atoms with van der Waals surface area (Å²) in [6.45, 7) is 3.96. The normalized spacial score (nSPS) is 11.3. The van der Waals surface area contributed by atoms with Crippen LogP contribution in [0.4, 0.5) is 4.39 Å². The van der Waals surface area contributed by atoms with Gasteiger partial charge in [-0.2, -0.15) is 0 Å². The molecule has 0 atom stereocenters. The number of nitrogens with two attached hydrogens (primary N) is 1. The third-order valence-corrected chi connectivity index (χ3v) is 2.43. The van der Waals surface area contributed by atoms with Gasteiger partial charge in [-0.3, -0.25) is 4.79 Å². The molecule has 1 aromatic carbocycles. The summed E-state index contributed by atoms with van der Waals surface area (Å²) in [6.07, 6.45) is 0.966. The molecule has 0 saturated carbocycles. The summed E-state index contributed by atoms with van der Waals surface area (Å²) in [6, 6.07) is 6.40. The Hall–Kier alpha value is -1.42. The van der Waals surface area contributed by atoms with Crippen molar-refractivity contribution in [2.75, 3.05) is 0 Å². The summed E-state index contributed by atoms with van der Waals surface area (Å²) in [5.41, 5.74) is 5.92. The van der Waals surface area contributed by atoms with Crippen molar-refractivity contribution in [2.45, 2.75) is 38.8 Å². The van der Waals surface area contributed by atoms with Crippen LogP contribution in [0.25, 0.3) is 0 Å². The van der Waals surface area contributed by atoms with Gasteiger partial charge in [0.15, 0.2) is 0 Å². The van der Waals surface area contributed by atoms with Crippen LogP contribution in [0.2, 0.25) is 0 Å². The number of nitrogens with one attached hydrogen (secondary N) is 1. The molecule has 0 fully saturated rings. The molecule has 0 radical (unpaired) electrons. The number of hydrogen-bond donors (Lipinski definition) is 2. The van der Waals surface area contributed by atoms with Gasteiger partial charge < -0.3 is 11.1 Å². The van der Waals surface area contributed by atoms with Crippen LogP contribution in [0.3, 0.4) is 0 Å². The van der Waals surface area contributed by atoms with Crippen LogP contribution in [0.5, 0.6) is 0 Å². The third kappa shape index (κ3) is 5.45. The molecule has 94 valence electrons. The number of rotatable bonds is 5. The van der Waals surface area contributed by atoms with E-state index in [1.807, 2.05) is 13.8 Å². The standard InChI is InChI=1S/C13H19FN2O/c1-13(2,15)8-7-12(17)16-9-10-5-3-4-6-11(10)14/h3-6H,7-9,15H2,1-2H3,(H,16,17). The molecule has 0 unspecified atom stereocenters. The molecule has 17 heavy (non-hydrogen) atoms. The van der Waals surface area contributed by atoms with Crippen LogP contribution >= 0.6 is 0 Å². The molecule has 0 aliphatic heterocycles. The second kappa shape index (κ2) is 5.77. The summed E-state index contributed by atoms with van der Waals surface area (Å²) in [5, 5.41) is 2.68. The fraction of sp³-hybridized carbons (Fsp3) is 0.462. The second-order valence-electron chi connectivity index (χ2n) is 4.86. The van der Waals surface area contributed by atoms with Crippen molar-refractivity contribution >= 4 is 5.91 Å². The van der Waals surface area contributed by atoms with Crippen LogP contribution in [0.15, 0.2) is 24.3 Å². The predicted octanol–water partition coefficient (Wildman–Crippen LogP) is 1.96. The lowest BCUT2D eigenvalue weighted by atomic mass is 10.00. The SMILES string of the molecule is CC(C)(N)CCC(=O)NCc1ccccc1F. The molecule has 0 aliphatic rings. The Balaban J connectivity index is 2.36. The number of carbonyl (C=O) groups is 1. The maximum absolute atomic E-state index is 13.2. The van der Waals surface area contributed by atoms with Crippen molar-refractivity contribution in [3.05, 3.63) is 35.6 Å². The number of hydrogen-bond acceptors (Lipinski definition) is 2. The molecule has 0 aliphatic carbocycles. The van der Waals surface area contributed by atoms with Gasteiger partial charge in [-0.05, 0) is 26.3 Å². The summed E-state index contributed by atoms with van der Waals surface area (Å²) in [5.74, 6) is -0.404. The van der Waals surface area contributed by atoms with E-state index in [1.54, 1.807) is 18.2 Å².